The maximum atomic E-state index is 14.0. The van der Waals surface area contributed by atoms with Crippen LogP contribution in [0.5, 0.6) is 0 Å². The zero-order chi connectivity index (χ0) is 21.5. The van der Waals surface area contributed by atoms with E-state index < -0.39 is 11.9 Å². The van der Waals surface area contributed by atoms with Gasteiger partial charge in [-0.3, -0.25) is 14.5 Å². The van der Waals surface area contributed by atoms with Crippen molar-refractivity contribution in [3.8, 4) is 0 Å². The summed E-state index contributed by atoms with van der Waals surface area (Å²) in [5, 5.41) is 11.4. The van der Waals surface area contributed by atoms with E-state index in [9.17, 15) is 14.0 Å². The molecule has 3 aromatic rings. The van der Waals surface area contributed by atoms with Crippen molar-refractivity contribution in [1.82, 2.24) is 29.9 Å². The number of hydrogen-bond acceptors (Lipinski definition) is 5. The molecule has 0 saturated carbocycles. The number of rotatable bonds is 4. The number of nitrogens with one attached hydrogen (secondary N) is 1. The largest absolute Gasteiger partial charge is 0.337 e. The molecule has 0 spiro atoms. The van der Waals surface area contributed by atoms with Gasteiger partial charge in [0.25, 0.3) is 11.8 Å². The smallest absolute Gasteiger partial charge is 0.291 e. The van der Waals surface area contributed by atoms with Gasteiger partial charge in [0.15, 0.2) is 0 Å². The minimum atomic E-state index is -0.688. The molecular formula is C21H22FN7O2. The minimum absolute atomic E-state index is 0.0330. The molecule has 2 aliphatic rings. The predicted molar refractivity (Wildman–Crippen MR) is 109 cm³/mol. The summed E-state index contributed by atoms with van der Waals surface area (Å²) in [6, 6.07) is 7.70. The Hall–Kier alpha value is -3.56. The van der Waals surface area contributed by atoms with Gasteiger partial charge in [-0.25, -0.2) is 18.7 Å². The van der Waals surface area contributed by atoms with Gasteiger partial charge in [-0.05, 0) is 30.9 Å². The third-order valence-electron chi connectivity index (χ3n) is 5.97. The lowest BCUT2D eigenvalue weighted by Crippen LogP contribution is -2.47. The van der Waals surface area contributed by atoms with Gasteiger partial charge in [-0.1, -0.05) is 18.2 Å². The molecule has 2 aromatic heterocycles. The number of benzene rings is 1. The number of anilines is 1. The molecule has 9 nitrogen and oxygen atoms in total. The number of carbonyl (C=O) groups is 2. The quantitative estimate of drug-likeness (QED) is 0.686. The molecule has 2 amide bonds. The second kappa shape index (κ2) is 7.60. The summed E-state index contributed by atoms with van der Waals surface area (Å²) in [5.41, 5.74) is 0.617. The van der Waals surface area contributed by atoms with E-state index in [1.807, 2.05) is 0 Å². The van der Waals surface area contributed by atoms with Crippen LogP contribution in [0.1, 0.15) is 40.9 Å². The predicted octanol–water partition coefficient (Wildman–Crippen LogP) is 1.51. The number of carbonyl (C=O) groups excluding carboxylic acids is 2. The minimum Gasteiger partial charge on any atom is -0.337 e. The lowest BCUT2D eigenvalue weighted by Gasteiger charge is -2.19. The monoisotopic (exact) mass is 423 g/mol. The Bertz CT molecular complexity index is 1150. The maximum absolute atomic E-state index is 14.0. The summed E-state index contributed by atoms with van der Waals surface area (Å²) >= 11 is 0. The lowest BCUT2D eigenvalue weighted by molar-refractivity contribution is -0.120. The van der Waals surface area contributed by atoms with Crippen molar-refractivity contribution in [3.05, 3.63) is 59.6 Å². The van der Waals surface area contributed by atoms with Gasteiger partial charge in [-0.15, -0.1) is 5.10 Å². The Kier molecular flexibility index (Phi) is 4.76. The average Bonchev–Trinajstić information content (AvgIpc) is 3.47. The van der Waals surface area contributed by atoms with Gasteiger partial charge >= 0.3 is 0 Å². The van der Waals surface area contributed by atoms with E-state index in [4.69, 9.17) is 0 Å². The standard InChI is InChI=1S/C21H22FN7O2/c1-27-18-8-10-23-28(18)11-9-16(21(27)31)24-20(30)19-25-17-7-6-14(29(17)26-19)12-13-4-2-3-5-15(13)22/h2-5,8,10,14,16H,6-7,9,11-12H2,1H3,(H,24,30)/t14-,16+/m1/s1. The average molecular weight is 423 g/mol. The highest BCUT2D eigenvalue weighted by molar-refractivity contribution is 6.00. The first-order valence-electron chi connectivity index (χ1n) is 10.3. The summed E-state index contributed by atoms with van der Waals surface area (Å²) < 4.78 is 17.5. The van der Waals surface area contributed by atoms with E-state index in [2.05, 4.69) is 20.5 Å². The van der Waals surface area contributed by atoms with Crippen molar-refractivity contribution in [1.29, 1.82) is 0 Å². The Morgan fingerprint density at radius 2 is 2.10 bits per heavy atom. The van der Waals surface area contributed by atoms with Crippen molar-refractivity contribution in [2.24, 2.45) is 0 Å². The van der Waals surface area contributed by atoms with Gasteiger partial charge < -0.3 is 5.32 Å². The lowest BCUT2D eigenvalue weighted by atomic mass is 10.0. The van der Waals surface area contributed by atoms with Crippen LogP contribution in [-0.2, 0) is 24.2 Å². The van der Waals surface area contributed by atoms with Gasteiger partial charge in [0.05, 0.1) is 12.2 Å². The molecule has 10 heteroatoms. The third-order valence-corrected chi connectivity index (χ3v) is 5.97. The van der Waals surface area contributed by atoms with Crippen molar-refractivity contribution in [3.63, 3.8) is 0 Å². The topological polar surface area (TPSA) is 97.9 Å². The van der Waals surface area contributed by atoms with Crippen molar-refractivity contribution >= 4 is 17.6 Å². The highest BCUT2D eigenvalue weighted by atomic mass is 19.1. The number of likely N-dealkylation sites (N-methyl/N-ethyl adjacent to an activating group) is 1. The number of aryl methyl sites for hydroxylation is 2. The summed E-state index contributed by atoms with van der Waals surface area (Å²) in [6.45, 7) is 0.515. The van der Waals surface area contributed by atoms with Crippen LogP contribution in [0.25, 0.3) is 0 Å². The second-order valence-electron chi connectivity index (χ2n) is 7.91. The highest BCUT2D eigenvalue weighted by Crippen LogP contribution is 2.28. The van der Waals surface area contributed by atoms with E-state index in [0.717, 1.165) is 6.42 Å². The van der Waals surface area contributed by atoms with Gasteiger partial charge in [-0.2, -0.15) is 5.10 Å². The molecule has 160 valence electrons. The van der Waals surface area contributed by atoms with Crippen LogP contribution in [-0.4, -0.2) is 49.4 Å². The first kappa shape index (κ1) is 19.4. The number of hydrogen-bond donors (Lipinski definition) is 1. The molecule has 4 heterocycles. The molecule has 0 unspecified atom stereocenters. The Labute approximate surface area is 177 Å². The molecule has 31 heavy (non-hydrogen) atoms. The van der Waals surface area contributed by atoms with Crippen LogP contribution in [0.3, 0.4) is 0 Å². The normalized spacial score (nSPS) is 20.3. The number of nitrogens with zero attached hydrogens (tertiary/aromatic N) is 6. The Balaban J connectivity index is 1.30. The van der Waals surface area contributed by atoms with E-state index in [1.54, 1.807) is 46.9 Å². The molecule has 0 aliphatic carbocycles. The van der Waals surface area contributed by atoms with E-state index in [0.29, 0.717) is 43.0 Å². The molecule has 2 atom stereocenters. The maximum Gasteiger partial charge on any atom is 0.291 e. The number of fused-ring (bicyclic) bond motifs is 2. The summed E-state index contributed by atoms with van der Waals surface area (Å²) in [6.07, 6.45) is 4.02. The molecule has 2 aliphatic heterocycles. The first-order valence-corrected chi connectivity index (χ1v) is 10.3. The van der Waals surface area contributed by atoms with E-state index in [-0.39, 0.29) is 23.6 Å². The number of amides is 2. The molecule has 1 N–H and O–H groups in total. The third kappa shape index (κ3) is 3.47. The number of aromatic nitrogens is 5. The van der Waals surface area contributed by atoms with Crippen LogP contribution < -0.4 is 10.2 Å². The number of halogens is 1. The van der Waals surface area contributed by atoms with Crippen molar-refractivity contribution in [2.45, 2.75) is 44.3 Å². The second-order valence-corrected chi connectivity index (χ2v) is 7.91. The van der Waals surface area contributed by atoms with Crippen LogP contribution >= 0.6 is 0 Å². The van der Waals surface area contributed by atoms with Gasteiger partial charge in [0, 0.05) is 26.1 Å². The van der Waals surface area contributed by atoms with E-state index >= 15 is 0 Å². The van der Waals surface area contributed by atoms with Crippen molar-refractivity contribution < 1.29 is 14.0 Å². The zero-order valence-corrected chi connectivity index (χ0v) is 17.0. The van der Waals surface area contributed by atoms with Crippen molar-refractivity contribution in [2.75, 3.05) is 11.9 Å². The molecule has 1 aromatic carbocycles. The summed E-state index contributed by atoms with van der Waals surface area (Å²) in [7, 11) is 1.66. The Morgan fingerprint density at radius 3 is 2.94 bits per heavy atom. The highest BCUT2D eigenvalue weighted by Gasteiger charge is 2.32. The molecule has 0 fully saturated rings. The molecule has 0 bridgehead atoms. The molecule has 0 saturated heterocycles. The first-order chi connectivity index (χ1) is 15.0. The van der Waals surface area contributed by atoms with Crippen LogP contribution in [0, 0.1) is 5.82 Å². The fourth-order valence-corrected chi connectivity index (χ4v) is 4.30. The molecular weight excluding hydrogens is 401 g/mol. The summed E-state index contributed by atoms with van der Waals surface area (Å²) in [5.74, 6) is 0.484. The Morgan fingerprint density at radius 1 is 1.26 bits per heavy atom. The molecule has 0 radical (unpaired) electrons. The summed E-state index contributed by atoms with van der Waals surface area (Å²) in [4.78, 5) is 31.5. The molecule has 5 rings (SSSR count). The van der Waals surface area contributed by atoms with E-state index in [1.165, 1.54) is 11.0 Å². The van der Waals surface area contributed by atoms with Gasteiger partial charge in [0.1, 0.15) is 23.5 Å². The van der Waals surface area contributed by atoms with Crippen LogP contribution in [0.4, 0.5) is 10.2 Å². The van der Waals surface area contributed by atoms with Crippen LogP contribution in [0.15, 0.2) is 36.5 Å². The van der Waals surface area contributed by atoms with Crippen LogP contribution in [0.2, 0.25) is 0 Å². The fraction of sp³-hybridized carbons (Fsp3) is 0.381. The SMILES string of the molecule is CN1C(=O)[C@@H](NC(=O)c2nc3n(n2)[C@@H](Cc2ccccc2F)CC3)CCn2nccc21. The fourth-order valence-electron chi connectivity index (χ4n) is 4.30. The zero-order valence-electron chi connectivity index (χ0n) is 17.0. The van der Waals surface area contributed by atoms with Gasteiger partial charge in [0.2, 0.25) is 5.82 Å².